The number of sulfonamides is 1. The monoisotopic (exact) mass is 594 g/mol. The van der Waals surface area contributed by atoms with E-state index >= 15 is 0 Å². The summed E-state index contributed by atoms with van der Waals surface area (Å²) in [5.41, 5.74) is 9.23. The van der Waals surface area contributed by atoms with E-state index in [0.29, 0.717) is 10.7 Å². The van der Waals surface area contributed by atoms with Gasteiger partial charge in [-0.15, -0.1) is 0 Å². The van der Waals surface area contributed by atoms with Gasteiger partial charge in [-0.25, -0.2) is 18.2 Å². The first-order valence-electron chi connectivity index (χ1n) is 13.1. The number of aryl methyl sites for hydroxylation is 1. The molecule has 0 unspecified atom stereocenters. The maximum Gasteiger partial charge on any atom is 0.238 e. The van der Waals surface area contributed by atoms with Crippen LogP contribution in [0.4, 0.5) is 0 Å². The van der Waals surface area contributed by atoms with Crippen molar-refractivity contribution >= 4 is 21.6 Å². The predicted octanol–water partition coefficient (Wildman–Crippen LogP) is 7.49. The first-order valence-corrected chi connectivity index (χ1v) is 15.1. The maximum absolute atomic E-state index is 11.8. The van der Waals surface area contributed by atoms with E-state index in [2.05, 4.69) is 35.3 Å². The Balaban J connectivity index is 1.57. The number of H-pyrrole nitrogens is 1. The van der Waals surface area contributed by atoms with E-state index in [1.165, 1.54) is 12.1 Å². The quantitative estimate of drug-likeness (QED) is 0.200. The molecule has 0 radical (unpaired) electrons. The maximum atomic E-state index is 11.8. The van der Waals surface area contributed by atoms with Crippen molar-refractivity contribution < 1.29 is 13.2 Å². The molecule has 3 N–H and O–H groups in total. The van der Waals surface area contributed by atoms with Gasteiger partial charge in [-0.2, -0.15) is 5.10 Å². The van der Waals surface area contributed by atoms with Crippen LogP contribution in [0.2, 0.25) is 5.02 Å². The number of nitrogens with one attached hydrogen (secondary N) is 1. The molecule has 42 heavy (non-hydrogen) atoms. The molecule has 7 nitrogen and oxygen atoms in total. The van der Waals surface area contributed by atoms with Crippen molar-refractivity contribution in [1.82, 2.24) is 14.8 Å². The SMILES string of the molecule is COc1ccc(-c2[nH]c(-c3ccc(Cl)cc3)cc2-c2cn(-c3ccc(S(N)(=O)=O)cc3)nc2-c2ccc(C)cc2)cc1. The molecule has 2 aromatic heterocycles. The lowest BCUT2D eigenvalue weighted by molar-refractivity contribution is 0.415. The van der Waals surface area contributed by atoms with Crippen LogP contribution in [0.1, 0.15) is 5.56 Å². The van der Waals surface area contributed by atoms with Crippen LogP contribution in [0, 0.1) is 6.92 Å². The Morgan fingerprint density at radius 1 is 0.810 bits per heavy atom. The summed E-state index contributed by atoms with van der Waals surface area (Å²) in [5, 5.41) is 11.0. The second kappa shape index (κ2) is 11.0. The van der Waals surface area contributed by atoms with Gasteiger partial charge in [0, 0.05) is 33.6 Å². The smallest absolute Gasteiger partial charge is 0.238 e. The number of rotatable bonds is 7. The molecule has 2 heterocycles. The molecule has 0 aliphatic rings. The van der Waals surface area contributed by atoms with Gasteiger partial charge in [-0.05, 0) is 84.8 Å². The summed E-state index contributed by atoms with van der Waals surface area (Å²) < 4.78 is 30.8. The molecule has 0 atom stereocenters. The molecule has 4 aromatic carbocycles. The number of nitrogens with two attached hydrogens (primary N) is 1. The lowest BCUT2D eigenvalue weighted by Gasteiger charge is -2.07. The number of methoxy groups -OCH3 is 1. The molecule has 0 spiro atoms. The number of hydrogen-bond acceptors (Lipinski definition) is 4. The van der Waals surface area contributed by atoms with Crippen LogP contribution in [0.3, 0.4) is 0 Å². The fraction of sp³-hybridized carbons (Fsp3) is 0.0606. The number of hydrogen-bond donors (Lipinski definition) is 2. The largest absolute Gasteiger partial charge is 0.497 e. The van der Waals surface area contributed by atoms with E-state index in [4.69, 9.17) is 26.6 Å². The Morgan fingerprint density at radius 3 is 2.05 bits per heavy atom. The van der Waals surface area contributed by atoms with Crippen LogP contribution in [0.5, 0.6) is 5.75 Å². The number of primary sulfonamides is 1. The van der Waals surface area contributed by atoms with Crippen LogP contribution < -0.4 is 9.88 Å². The van der Waals surface area contributed by atoms with Gasteiger partial charge in [-0.1, -0.05) is 53.6 Å². The van der Waals surface area contributed by atoms with Crippen molar-refractivity contribution in [3.63, 3.8) is 0 Å². The van der Waals surface area contributed by atoms with E-state index in [1.54, 1.807) is 23.9 Å². The number of nitrogens with zero attached hydrogens (tertiary/aromatic N) is 2. The third-order valence-electron chi connectivity index (χ3n) is 7.11. The second-order valence-corrected chi connectivity index (χ2v) is 11.9. The predicted molar refractivity (Wildman–Crippen MR) is 167 cm³/mol. The zero-order chi connectivity index (χ0) is 29.4. The topological polar surface area (TPSA) is 103 Å². The van der Waals surface area contributed by atoms with Gasteiger partial charge in [0.05, 0.1) is 23.4 Å². The van der Waals surface area contributed by atoms with Crippen LogP contribution in [-0.4, -0.2) is 30.3 Å². The van der Waals surface area contributed by atoms with Gasteiger partial charge >= 0.3 is 0 Å². The third kappa shape index (κ3) is 5.47. The van der Waals surface area contributed by atoms with Gasteiger partial charge in [0.1, 0.15) is 11.4 Å². The van der Waals surface area contributed by atoms with Crippen LogP contribution in [0.25, 0.3) is 50.6 Å². The molecular weight excluding hydrogens is 568 g/mol. The van der Waals surface area contributed by atoms with Crippen LogP contribution in [0.15, 0.2) is 114 Å². The van der Waals surface area contributed by atoms with Crippen molar-refractivity contribution in [2.75, 3.05) is 7.11 Å². The van der Waals surface area contributed by atoms with Crippen molar-refractivity contribution in [1.29, 1.82) is 0 Å². The Bertz CT molecular complexity index is 1980. The zero-order valence-corrected chi connectivity index (χ0v) is 24.4. The minimum atomic E-state index is -3.81. The molecule has 0 fully saturated rings. The molecule has 0 bridgehead atoms. The van der Waals surface area contributed by atoms with Crippen molar-refractivity contribution in [3.05, 3.63) is 120 Å². The van der Waals surface area contributed by atoms with E-state index < -0.39 is 10.0 Å². The van der Waals surface area contributed by atoms with Crippen LogP contribution >= 0.6 is 11.6 Å². The molecule has 0 saturated heterocycles. The van der Waals surface area contributed by atoms with E-state index in [0.717, 1.165) is 56.2 Å². The molecule has 9 heteroatoms. The Morgan fingerprint density at radius 2 is 1.43 bits per heavy atom. The number of benzene rings is 4. The summed E-state index contributed by atoms with van der Waals surface area (Å²) in [6.07, 6.45) is 1.96. The molecule has 210 valence electrons. The number of halogens is 1. The van der Waals surface area contributed by atoms with Gasteiger partial charge < -0.3 is 9.72 Å². The highest BCUT2D eigenvalue weighted by molar-refractivity contribution is 7.89. The lowest BCUT2D eigenvalue weighted by Crippen LogP contribution is -2.12. The van der Waals surface area contributed by atoms with Gasteiger partial charge in [0.2, 0.25) is 10.0 Å². The van der Waals surface area contributed by atoms with Crippen molar-refractivity contribution in [3.8, 4) is 56.3 Å². The Labute approximate surface area is 249 Å². The number of aromatic amines is 1. The highest BCUT2D eigenvalue weighted by Crippen LogP contribution is 2.41. The van der Waals surface area contributed by atoms with Gasteiger partial charge in [0.15, 0.2) is 0 Å². The molecule has 6 rings (SSSR count). The van der Waals surface area contributed by atoms with E-state index in [1.807, 2.05) is 61.7 Å². The number of aromatic nitrogens is 3. The normalized spacial score (nSPS) is 11.5. The van der Waals surface area contributed by atoms with E-state index in [9.17, 15) is 8.42 Å². The lowest BCUT2D eigenvalue weighted by atomic mass is 9.98. The fourth-order valence-corrected chi connectivity index (χ4v) is 5.50. The van der Waals surface area contributed by atoms with Gasteiger partial charge in [-0.3, -0.25) is 0 Å². The summed E-state index contributed by atoms with van der Waals surface area (Å²) in [7, 11) is -2.17. The van der Waals surface area contributed by atoms with Crippen molar-refractivity contribution in [2.24, 2.45) is 5.14 Å². The first-order chi connectivity index (χ1) is 20.2. The molecular formula is C33H27ClN4O3S. The molecule has 0 amide bonds. The van der Waals surface area contributed by atoms with Crippen molar-refractivity contribution in [2.45, 2.75) is 11.8 Å². The first kappa shape index (κ1) is 27.5. The van der Waals surface area contributed by atoms with Crippen LogP contribution in [-0.2, 0) is 10.0 Å². The summed E-state index contributed by atoms with van der Waals surface area (Å²) in [5.74, 6) is 0.765. The molecule has 0 saturated carbocycles. The molecule has 6 aromatic rings. The summed E-state index contributed by atoms with van der Waals surface area (Å²) >= 11 is 6.18. The Kier molecular flexibility index (Phi) is 7.20. The molecule has 0 aliphatic carbocycles. The summed E-state index contributed by atoms with van der Waals surface area (Å²) in [6.45, 7) is 2.04. The minimum Gasteiger partial charge on any atom is -0.497 e. The third-order valence-corrected chi connectivity index (χ3v) is 8.29. The van der Waals surface area contributed by atoms with E-state index in [-0.39, 0.29) is 4.90 Å². The fourth-order valence-electron chi connectivity index (χ4n) is 4.85. The summed E-state index contributed by atoms with van der Waals surface area (Å²) in [6, 6.07) is 32.3. The minimum absolute atomic E-state index is 0.0393. The summed E-state index contributed by atoms with van der Waals surface area (Å²) in [4.78, 5) is 3.67. The zero-order valence-electron chi connectivity index (χ0n) is 22.9. The van der Waals surface area contributed by atoms with Gasteiger partial charge in [0.25, 0.3) is 0 Å². The Hall–Kier alpha value is -4.63. The average Bonchev–Trinajstić information content (AvgIpc) is 3.63. The molecule has 0 aliphatic heterocycles. The number of ether oxygens (including phenoxy) is 1. The standard InChI is InChI=1S/C33H27ClN4O3S/c1-21-3-5-24(6-4-21)33-30(20-38(37-33)26-13-17-28(18-14-26)42(35,39)40)29-19-31(22-7-11-25(34)12-8-22)36-32(29)23-9-15-27(41-2)16-10-23/h3-20,36H,1-2H3,(H2,35,39,40). The highest BCUT2D eigenvalue weighted by Gasteiger charge is 2.21. The highest BCUT2D eigenvalue weighted by atomic mass is 35.5. The average molecular weight is 595 g/mol. The second-order valence-electron chi connectivity index (χ2n) is 9.95.